The molecule has 0 fully saturated rings. The third kappa shape index (κ3) is 2.47. The molecule has 0 bridgehead atoms. The molecule has 9 nitrogen and oxygen atoms in total. The monoisotopic (exact) mass is 348 g/mol. The Hall–Kier alpha value is -2.33. The van der Waals surface area contributed by atoms with Crippen LogP contribution in [0.2, 0.25) is 0 Å². The normalized spacial score (nSPS) is 18.0. The topological polar surface area (TPSA) is 116 Å². The van der Waals surface area contributed by atoms with E-state index in [-0.39, 0.29) is 4.90 Å². The van der Waals surface area contributed by atoms with Crippen LogP contribution in [-0.2, 0) is 23.0 Å². The number of hydrogen-bond acceptors (Lipinski definition) is 7. The van der Waals surface area contributed by atoms with Gasteiger partial charge in [0.2, 0.25) is 10.0 Å². The molecule has 4 rings (SSSR count). The van der Waals surface area contributed by atoms with Crippen molar-refractivity contribution < 1.29 is 12.9 Å². The van der Waals surface area contributed by atoms with Gasteiger partial charge < -0.3 is 4.52 Å². The number of nitrogens with one attached hydrogen (secondary N) is 1. The summed E-state index contributed by atoms with van der Waals surface area (Å²) in [7, 11) is -3.74. The first-order valence-corrected chi connectivity index (χ1v) is 9.21. The van der Waals surface area contributed by atoms with Gasteiger partial charge in [-0.25, -0.2) is 27.8 Å². The van der Waals surface area contributed by atoms with E-state index in [2.05, 4.69) is 24.9 Å². The first-order chi connectivity index (χ1) is 11.6. The molecule has 0 radical (unpaired) electrons. The second-order valence-corrected chi connectivity index (χ2v) is 7.38. The summed E-state index contributed by atoms with van der Waals surface area (Å²) in [5.41, 5.74) is 1.02. The second kappa shape index (κ2) is 5.64. The molecule has 126 valence electrons. The molecule has 1 aliphatic rings. The van der Waals surface area contributed by atoms with Crippen molar-refractivity contribution in [3.05, 3.63) is 30.1 Å². The molecule has 0 amide bonds. The van der Waals surface area contributed by atoms with Crippen molar-refractivity contribution in [3.63, 3.8) is 0 Å². The van der Waals surface area contributed by atoms with Crippen molar-refractivity contribution >= 4 is 21.1 Å². The lowest BCUT2D eigenvalue weighted by molar-refractivity contribution is 0.400. The quantitative estimate of drug-likeness (QED) is 0.753. The molecule has 1 atom stereocenters. The minimum absolute atomic E-state index is 0.0875. The van der Waals surface area contributed by atoms with Gasteiger partial charge in [-0.05, 0) is 25.3 Å². The smallest absolute Gasteiger partial charge is 0.258 e. The molecule has 4 heterocycles. The summed E-state index contributed by atoms with van der Waals surface area (Å²) in [6, 6.07) is 1.16. The highest BCUT2D eigenvalue weighted by atomic mass is 32.2. The van der Waals surface area contributed by atoms with E-state index >= 15 is 0 Å². The van der Waals surface area contributed by atoms with E-state index in [0.29, 0.717) is 35.5 Å². The van der Waals surface area contributed by atoms with Crippen molar-refractivity contribution in [1.82, 2.24) is 29.6 Å². The van der Waals surface area contributed by atoms with E-state index in [9.17, 15) is 8.42 Å². The summed E-state index contributed by atoms with van der Waals surface area (Å²) in [5.74, 6) is 0.637. The van der Waals surface area contributed by atoms with Crippen LogP contribution in [0.5, 0.6) is 0 Å². The van der Waals surface area contributed by atoms with Crippen LogP contribution in [0.4, 0.5) is 0 Å². The highest BCUT2D eigenvalue weighted by Gasteiger charge is 2.28. The largest absolute Gasteiger partial charge is 0.336 e. The van der Waals surface area contributed by atoms with Crippen LogP contribution in [0.1, 0.15) is 37.3 Å². The average Bonchev–Trinajstić information content (AvgIpc) is 3.21. The molecule has 10 heteroatoms. The fraction of sp³-hybridized carbons (Fsp3) is 0.429. The van der Waals surface area contributed by atoms with Crippen molar-refractivity contribution in [2.75, 3.05) is 0 Å². The van der Waals surface area contributed by atoms with E-state index in [1.807, 2.05) is 6.92 Å². The Morgan fingerprint density at radius 3 is 3.12 bits per heavy atom. The lowest BCUT2D eigenvalue weighted by Gasteiger charge is -2.22. The number of sulfonamides is 1. The molecule has 0 saturated carbocycles. The maximum atomic E-state index is 12.7. The highest BCUT2D eigenvalue weighted by Crippen LogP contribution is 2.26. The van der Waals surface area contributed by atoms with Crippen molar-refractivity contribution in [2.24, 2.45) is 0 Å². The Morgan fingerprint density at radius 2 is 2.29 bits per heavy atom. The molecule has 0 spiro atoms. The van der Waals surface area contributed by atoms with Crippen molar-refractivity contribution in [2.45, 2.75) is 43.7 Å². The third-order valence-electron chi connectivity index (χ3n) is 4.14. The van der Waals surface area contributed by atoms with Crippen LogP contribution in [0.3, 0.4) is 0 Å². The molecule has 1 N–H and O–H groups in total. The minimum Gasteiger partial charge on any atom is -0.336 e. The number of aromatic nitrogens is 5. The highest BCUT2D eigenvalue weighted by molar-refractivity contribution is 7.89. The van der Waals surface area contributed by atoms with Crippen LogP contribution >= 0.6 is 0 Å². The maximum absolute atomic E-state index is 12.7. The van der Waals surface area contributed by atoms with Gasteiger partial charge in [0.1, 0.15) is 17.0 Å². The van der Waals surface area contributed by atoms with Gasteiger partial charge in [0.15, 0.2) is 0 Å². The molecule has 0 unspecified atom stereocenters. The number of rotatable bonds is 4. The average molecular weight is 348 g/mol. The zero-order valence-electron chi connectivity index (χ0n) is 13.0. The summed E-state index contributed by atoms with van der Waals surface area (Å²) in [6.07, 6.45) is 4.88. The zero-order chi connectivity index (χ0) is 16.7. The van der Waals surface area contributed by atoms with E-state index in [1.54, 1.807) is 10.7 Å². The summed E-state index contributed by atoms with van der Waals surface area (Å²) < 4.78 is 35.0. The van der Waals surface area contributed by atoms with Crippen LogP contribution < -0.4 is 4.72 Å². The molecule has 1 aliphatic heterocycles. The maximum Gasteiger partial charge on any atom is 0.258 e. The Bertz CT molecular complexity index is 993. The lowest BCUT2D eigenvalue weighted by atomic mass is 10.1. The van der Waals surface area contributed by atoms with E-state index in [1.165, 1.54) is 12.5 Å². The molecule has 0 aromatic carbocycles. The van der Waals surface area contributed by atoms with Crippen LogP contribution in [0.25, 0.3) is 11.1 Å². The zero-order valence-corrected chi connectivity index (χ0v) is 13.8. The fourth-order valence-electron chi connectivity index (χ4n) is 2.92. The molecule has 24 heavy (non-hydrogen) atoms. The minimum atomic E-state index is -3.74. The lowest BCUT2D eigenvalue weighted by Crippen LogP contribution is -2.33. The van der Waals surface area contributed by atoms with Gasteiger partial charge in [-0.15, -0.1) is 0 Å². The number of fused-ring (bicyclic) bond motifs is 2. The predicted octanol–water partition coefficient (Wildman–Crippen LogP) is 1.19. The second-order valence-electron chi connectivity index (χ2n) is 5.66. The molecular weight excluding hydrogens is 332 g/mol. The van der Waals surface area contributed by atoms with Gasteiger partial charge in [0, 0.05) is 6.54 Å². The van der Waals surface area contributed by atoms with E-state index in [0.717, 1.165) is 13.0 Å². The fourth-order valence-corrected chi connectivity index (χ4v) is 4.12. The van der Waals surface area contributed by atoms with Gasteiger partial charge in [-0.1, -0.05) is 12.1 Å². The first-order valence-electron chi connectivity index (χ1n) is 7.73. The number of nitrogens with zero attached hydrogens (tertiary/aromatic N) is 5. The Balaban J connectivity index is 1.68. The van der Waals surface area contributed by atoms with Gasteiger partial charge in [-0.2, -0.15) is 5.10 Å². The van der Waals surface area contributed by atoms with Crippen molar-refractivity contribution in [1.29, 1.82) is 0 Å². The summed E-state index contributed by atoms with van der Waals surface area (Å²) in [5, 5.41) is 8.62. The summed E-state index contributed by atoms with van der Waals surface area (Å²) in [4.78, 5) is 8.32. The Kier molecular flexibility index (Phi) is 3.57. The molecular formula is C14H16N6O3S. The predicted molar refractivity (Wildman–Crippen MR) is 83.5 cm³/mol. The molecule has 0 aliphatic carbocycles. The Labute approximate surface area is 138 Å². The van der Waals surface area contributed by atoms with Crippen LogP contribution in [-0.4, -0.2) is 33.3 Å². The van der Waals surface area contributed by atoms with E-state index in [4.69, 9.17) is 4.52 Å². The molecule has 3 aromatic heterocycles. The standard InChI is InChI=1S/C14H16N6O3S/c1-2-11-10-6-9(7-15-14(10)23-18-11)24(21,22)19-12-4-3-5-20-13(12)16-8-17-20/h6-8,12,19H,2-5H2,1H3/t12-/m0/s1. The third-order valence-corrected chi connectivity index (χ3v) is 5.58. The van der Waals surface area contributed by atoms with Gasteiger partial charge in [-0.3, -0.25) is 0 Å². The van der Waals surface area contributed by atoms with Gasteiger partial charge in [0.25, 0.3) is 5.71 Å². The summed E-state index contributed by atoms with van der Waals surface area (Å²) in [6.45, 7) is 2.67. The van der Waals surface area contributed by atoms with Crippen LogP contribution in [0, 0.1) is 0 Å². The Morgan fingerprint density at radius 1 is 1.42 bits per heavy atom. The van der Waals surface area contributed by atoms with Gasteiger partial charge in [0.05, 0.1) is 23.3 Å². The summed E-state index contributed by atoms with van der Waals surface area (Å²) >= 11 is 0. The van der Waals surface area contributed by atoms with E-state index < -0.39 is 16.1 Å². The molecule has 0 saturated heterocycles. The first kappa shape index (κ1) is 15.2. The number of hydrogen-bond donors (Lipinski definition) is 1. The van der Waals surface area contributed by atoms with Crippen molar-refractivity contribution in [3.8, 4) is 0 Å². The molecule has 3 aromatic rings. The van der Waals surface area contributed by atoms with Gasteiger partial charge >= 0.3 is 0 Å². The van der Waals surface area contributed by atoms with Crippen LogP contribution in [0.15, 0.2) is 28.0 Å². The number of pyridine rings is 1. The number of aryl methyl sites for hydroxylation is 2. The SMILES string of the molecule is CCc1noc2ncc(S(=O)(=O)N[C@H]3CCCn4ncnc43)cc12.